The van der Waals surface area contributed by atoms with E-state index in [0.717, 1.165) is 0 Å². The van der Waals surface area contributed by atoms with Crippen molar-refractivity contribution in [2.45, 2.75) is 6.10 Å². The van der Waals surface area contributed by atoms with E-state index in [0.29, 0.717) is 0 Å². The van der Waals surface area contributed by atoms with Crippen LogP contribution in [0.5, 0.6) is 0 Å². The van der Waals surface area contributed by atoms with Crippen molar-refractivity contribution in [2.75, 3.05) is 20.3 Å². The number of amides is 1. The lowest BCUT2D eigenvalue weighted by Gasteiger charge is -2.11. The lowest BCUT2D eigenvalue weighted by molar-refractivity contribution is 0.0609. The zero-order valence-electron chi connectivity index (χ0n) is 9.24. The number of rotatable bonds is 5. The zero-order valence-corrected chi connectivity index (χ0v) is 10.8. The van der Waals surface area contributed by atoms with Crippen molar-refractivity contribution in [2.24, 2.45) is 0 Å². The number of ether oxygens (including phenoxy) is 1. The molecule has 0 bridgehead atoms. The van der Waals surface area contributed by atoms with Gasteiger partial charge in [0.2, 0.25) is 0 Å². The number of benzene rings is 1. The first-order valence-corrected chi connectivity index (χ1v) is 5.74. The summed E-state index contributed by atoms with van der Waals surface area (Å²) in [4.78, 5) is 11.7. The maximum Gasteiger partial charge on any atom is 0.252 e. The lowest BCUT2D eigenvalue weighted by Crippen LogP contribution is -2.34. The first kappa shape index (κ1) is 14.1. The molecule has 6 heteroatoms. The third kappa shape index (κ3) is 4.07. The Labute approximate surface area is 107 Å². The molecule has 0 aliphatic rings. The predicted octanol–water partition coefficient (Wildman–Crippen LogP) is 1.33. The first-order valence-electron chi connectivity index (χ1n) is 4.95. The van der Waals surface area contributed by atoms with Crippen molar-refractivity contribution >= 4 is 21.8 Å². The summed E-state index contributed by atoms with van der Waals surface area (Å²) in [5.74, 6) is -0.957. The van der Waals surface area contributed by atoms with Gasteiger partial charge in [0.25, 0.3) is 5.91 Å². The largest absolute Gasteiger partial charge is 0.389 e. The van der Waals surface area contributed by atoms with Crippen LogP contribution in [0.1, 0.15) is 10.4 Å². The molecule has 1 atom stereocenters. The molecular weight excluding hydrogens is 293 g/mol. The fraction of sp³-hybridized carbons (Fsp3) is 0.364. The Morgan fingerprint density at radius 1 is 1.65 bits per heavy atom. The average Bonchev–Trinajstić information content (AvgIpc) is 2.30. The second-order valence-corrected chi connectivity index (χ2v) is 4.21. The maximum absolute atomic E-state index is 13.2. The van der Waals surface area contributed by atoms with Crippen LogP contribution in [0.15, 0.2) is 22.7 Å². The van der Waals surface area contributed by atoms with Crippen LogP contribution in [0.25, 0.3) is 0 Å². The highest BCUT2D eigenvalue weighted by Gasteiger charge is 2.13. The Morgan fingerprint density at radius 2 is 2.35 bits per heavy atom. The zero-order chi connectivity index (χ0) is 12.8. The van der Waals surface area contributed by atoms with E-state index in [-0.39, 0.29) is 23.2 Å². The van der Waals surface area contributed by atoms with Crippen LogP contribution in [-0.4, -0.2) is 37.4 Å². The first-order chi connectivity index (χ1) is 8.06. The molecule has 17 heavy (non-hydrogen) atoms. The molecule has 0 heterocycles. The Morgan fingerprint density at radius 3 is 3.00 bits per heavy atom. The van der Waals surface area contributed by atoms with E-state index in [1.807, 2.05) is 0 Å². The molecule has 0 aliphatic carbocycles. The van der Waals surface area contributed by atoms with Crippen molar-refractivity contribution in [3.05, 3.63) is 34.1 Å². The van der Waals surface area contributed by atoms with Crippen LogP contribution in [-0.2, 0) is 4.74 Å². The van der Waals surface area contributed by atoms with Gasteiger partial charge in [-0.3, -0.25) is 4.79 Å². The maximum atomic E-state index is 13.2. The van der Waals surface area contributed by atoms with Crippen molar-refractivity contribution in [1.29, 1.82) is 0 Å². The molecule has 0 aliphatic heterocycles. The van der Waals surface area contributed by atoms with Crippen LogP contribution < -0.4 is 5.32 Å². The predicted molar refractivity (Wildman–Crippen MR) is 64.3 cm³/mol. The summed E-state index contributed by atoms with van der Waals surface area (Å²) in [5, 5.41) is 11.8. The van der Waals surface area contributed by atoms with Gasteiger partial charge in [-0.25, -0.2) is 4.39 Å². The van der Waals surface area contributed by atoms with Gasteiger partial charge in [0.1, 0.15) is 5.82 Å². The average molecular weight is 306 g/mol. The number of halogens is 2. The monoisotopic (exact) mass is 305 g/mol. The van der Waals surface area contributed by atoms with Gasteiger partial charge >= 0.3 is 0 Å². The van der Waals surface area contributed by atoms with Gasteiger partial charge in [0.05, 0.1) is 22.7 Å². The standard InChI is InChI=1S/C11H13BrFNO3/c1-17-6-7(15)5-14-11(16)8-3-2-4-9(13)10(8)12/h2-4,7,15H,5-6H2,1H3,(H,14,16). The highest BCUT2D eigenvalue weighted by atomic mass is 79.9. The molecule has 0 spiro atoms. The van der Waals surface area contributed by atoms with Crippen molar-refractivity contribution < 1.29 is 19.0 Å². The minimum atomic E-state index is -0.781. The molecule has 1 unspecified atom stereocenters. The SMILES string of the molecule is COCC(O)CNC(=O)c1cccc(F)c1Br. The Bertz CT molecular complexity index is 400. The molecule has 2 N–H and O–H groups in total. The lowest BCUT2D eigenvalue weighted by atomic mass is 10.2. The van der Waals surface area contributed by atoms with Gasteiger partial charge in [0.15, 0.2) is 0 Å². The van der Waals surface area contributed by atoms with Crippen molar-refractivity contribution in [3.8, 4) is 0 Å². The molecule has 0 radical (unpaired) electrons. The minimum absolute atomic E-state index is 0.0512. The summed E-state index contributed by atoms with van der Waals surface area (Å²) in [7, 11) is 1.45. The molecular formula is C11H13BrFNO3. The molecule has 1 rings (SSSR count). The van der Waals surface area contributed by atoms with E-state index < -0.39 is 17.8 Å². The van der Waals surface area contributed by atoms with Gasteiger partial charge < -0.3 is 15.2 Å². The van der Waals surface area contributed by atoms with Crippen LogP contribution in [0.2, 0.25) is 0 Å². The molecule has 0 saturated heterocycles. The molecule has 1 amide bonds. The Kier molecular flexibility index (Phi) is 5.54. The minimum Gasteiger partial charge on any atom is -0.389 e. The molecule has 1 aromatic carbocycles. The fourth-order valence-corrected chi connectivity index (χ4v) is 1.68. The molecule has 4 nitrogen and oxygen atoms in total. The molecule has 94 valence electrons. The second kappa shape index (κ2) is 6.68. The van der Waals surface area contributed by atoms with Crippen LogP contribution in [0.4, 0.5) is 4.39 Å². The van der Waals surface area contributed by atoms with Gasteiger partial charge in [-0.2, -0.15) is 0 Å². The second-order valence-electron chi connectivity index (χ2n) is 3.42. The highest BCUT2D eigenvalue weighted by molar-refractivity contribution is 9.10. The Balaban J connectivity index is 2.61. The molecule has 0 saturated carbocycles. The molecule has 1 aromatic rings. The van der Waals surface area contributed by atoms with E-state index in [1.165, 1.54) is 25.3 Å². The van der Waals surface area contributed by atoms with Crippen LogP contribution >= 0.6 is 15.9 Å². The van der Waals surface area contributed by atoms with Gasteiger partial charge in [-0.15, -0.1) is 0 Å². The number of hydrogen-bond donors (Lipinski definition) is 2. The third-order valence-electron chi connectivity index (χ3n) is 2.05. The normalized spacial score (nSPS) is 12.2. The number of carbonyl (C=O) groups is 1. The number of hydrogen-bond acceptors (Lipinski definition) is 3. The summed E-state index contributed by atoms with van der Waals surface area (Å²) >= 11 is 3.00. The number of nitrogens with one attached hydrogen (secondary N) is 1. The summed E-state index contributed by atoms with van der Waals surface area (Å²) in [6.45, 7) is 0.181. The fourth-order valence-electron chi connectivity index (χ4n) is 1.24. The number of carbonyl (C=O) groups excluding carboxylic acids is 1. The van der Waals surface area contributed by atoms with E-state index in [4.69, 9.17) is 4.74 Å². The van der Waals surface area contributed by atoms with Crippen LogP contribution in [0.3, 0.4) is 0 Å². The van der Waals surface area contributed by atoms with Gasteiger partial charge in [-0.1, -0.05) is 6.07 Å². The van der Waals surface area contributed by atoms with Gasteiger partial charge in [0, 0.05) is 13.7 Å². The number of aliphatic hydroxyl groups is 1. The number of methoxy groups -OCH3 is 1. The van der Waals surface area contributed by atoms with Crippen molar-refractivity contribution in [1.82, 2.24) is 5.32 Å². The smallest absolute Gasteiger partial charge is 0.252 e. The highest BCUT2D eigenvalue weighted by Crippen LogP contribution is 2.20. The van der Waals surface area contributed by atoms with Crippen LogP contribution in [0, 0.1) is 5.82 Å². The van der Waals surface area contributed by atoms with E-state index >= 15 is 0 Å². The summed E-state index contributed by atoms with van der Waals surface area (Å²) in [5.41, 5.74) is 0.189. The summed E-state index contributed by atoms with van der Waals surface area (Å²) in [6, 6.07) is 4.19. The topological polar surface area (TPSA) is 58.6 Å². The number of aliphatic hydroxyl groups excluding tert-OH is 1. The molecule has 0 fully saturated rings. The van der Waals surface area contributed by atoms with E-state index in [9.17, 15) is 14.3 Å². The van der Waals surface area contributed by atoms with Crippen molar-refractivity contribution in [3.63, 3.8) is 0 Å². The summed E-state index contributed by atoms with van der Waals surface area (Å²) in [6.07, 6.45) is -0.781. The third-order valence-corrected chi connectivity index (χ3v) is 2.86. The van der Waals surface area contributed by atoms with Gasteiger partial charge in [-0.05, 0) is 28.1 Å². The van der Waals surface area contributed by atoms with E-state index in [1.54, 1.807) is 0 Å². The molecule has 0 aromatic heterocycles. The van der Waals surface area contributed by atoms with E-state index in [2.05, 4.69) is 21.2 Å². The quantitative estimate of drug-likeness (QED) is 0.863. The Hall–Kier alpha value is -0.980. The summed E-state index contributed by atoms with van der Waals surface area (Å²) < 4.78 is 18.0.